The van der Waals surface area contributed by atoms with Crippen molar-refractivity contribution in [3.05, 3.63) is 53.9 Å². The Hall–Kier alpha value is -2.60. The van der Waals surface area contributed by atoms with Crippen LogP contribution in [-0.4, -0.2) is 40.8 Å². The van der Waals surface area contributed by atoms with Gasteiger partial charge in [-0.2, -0.15) is 0 Å². The van der Waals surface area contributed by atoms with Crippen LogP contribution < -0.4 is 9.47 Å². The van der Waals surface area contributed by atoms with Crippen molar-refractivity contribution in [3.8, 4) is 11.5 Å². The predicted octanol–water partition coefficient (Wildman–Crippen LogP) is 2.70. The molecule has 0 spiro atoms. The van der Waals surface area contributed by atoms with E-state index >= 15 is 0 Å². The fraction of sp³-hybridized carbons (Fsp3) is 0.368. The number of hydrogen-bond donors (Lipinski definition) is 1. The highest BCUT2D eigenvalue weighted by molar-refractivity contribution is 5.70. The quantitative estimate of drug-likeness (QED) is 0.923. The Morgan fingerprint density at radius 1 is 1.24 bits per heavy atom. The van der Waals surface area contributed by atoms with Crippen LogP contribution in [0.2, 0.25) is 0 Å². The van der Waals surface area contributed by atoms with E-state index in [1.165, 1.54) is 0 Å². The Balaban J connectivity index is 1.71. The number of nitrogens with zero attached hydrogens (tertiary/aromatic N) is 2. The van der Waals surface area contributed by atoms with Gasteiger partial charge in [0.05, 0.1) is 17.7 Å². The van der Waals surface area contributed by atoms with Gasteiger partial charge in [0.2, 0.25) is 6.79 Å². The number of carboxylic acid groups (broad SMARTS) is 1. The van der Waals surface area contributed by atoms with Gasteiger partial charge < -0.3 is 14.6 Å². The highest BCUT2D eigenvalue weighted by Crippen LogP contribution is 2.38. The Labute approximate surface area is 146 Å². The van der Waals surface area contributed by atoms with E-state index in [1.807, 2.05) is 36.4 Å². The molecule has 6 nitrogen and oxygen atoms in total. The third-order valence-electron chi connectivity index (χ3n) is 4.85. The van der Waals surface area contributed by atoms with Crippen LogP contribution in [0.4, 0.5) is 0 Å². The average molecular weight is 340 g/mol. The fourth-order valence-electron chi connectivity index (χ4n) is 3.63. The van der Waals surface area contributed by atoms with Gasteiger partial charge in [-0.3, -0.25) is 14.7 Å². The number of aromatic nitrogens is 1. The van der Waals surface area contributed by atoms with Crippen molar-refractivity contribution in [3.63, 3.8) is 0 Å². The van der Waals surface area contributed by atoms with E-state index in [1.54, 1.807) is 6.20 Å². The summed E-state index contributed by atoms with van der Waals surface area (Å²) in [6, 6.07) is 11.6. The molecule has 25 heavy (non-hydrogen) atoms. The maximum absolute atomic E-state index is 11.5. The molecule has 1 saturated heterocycles. The van der Waals surface area contributed by atoms with Gasteiger partial charge in [0.25, 0.3) is 0 Å². The van der Waals surface area contributed by atoms with Crippen LogP contribution in [0.5, 0.6) is 11.5 Å². The molecule has 2 aliphatic rings. The second kappa shape index (κ2) is 6.72. The molecule has 0 radical (unpaired) electrons. The number of rotatable bonds is 4. The van der Waals surface area contributed by atoms with E-state index in [-0.39, 0.29) is 18.8 Å². The number of pyridine rings is 1. The van der Waals surface area contributed by atoms with Gasteiger partial charge in [-0.15, -0.1) is 0 Å². The zero-order chi connectivity index (χ0) is 17.2. The minimum atomic E-state index is -0.727. The molecule has 2 aliphatic heterocycles. The molecule has 6 heteroatoms. The van der Waals surface area contributed by atoms with Gasteiger partial charge in [0, 0.05) is 12.7 Å². The van der Waals surface area contributed by atoms with Crippen molar-refractivity contribution in [1.82, 2.24) is 9.88 Å². The second-order valence-electron chi connectivity index (χ2n) is 6.44. The molecular formula is C19H20N2O4. The number of likely N-dealkylation sites (tertiary alicyclic amines) is 1. The maximum atomic E-state index is 11.5. The van der Waals surface area contributed by atoms with E-state index < -0.39 is 5.97 Å². The summed E-state index contributed by atoms with van der Waals surface area (Å²) in [6.07, 6.45) is 3.36. The number of benzene rings is 1. The van der Waals surface area contributed by atoms with Gasteiger partial charge in [0.15, 0.2) is 11.5 Å². The van der Waals surface area contributed by atoms with E-state index in [4.69, 9.17) is 9.47 Å². The molecule has 2 atom stereocenters. The SMILES string of the molecule is O=C(O)C1CCCN(C(c2ccc3c(c2)OCO3)c2ccccn2)C1. The van der Waals surface area contributed by atoms with E-state index in [0.29, 0.717) is 6.54 Å². The van der Waals surface area contributed by atoms with Crippen LogP contribution in [0.25, 0.3) is 0 Å². The molecule has 0 amide bonds. The summed E-state index contributed by atoms with van der Waals surface area (Å²) in [5.41, 5.74) is 1.95. The minimum absolute atomic E-state index is 0.0992. The van der Waals surface area contributed by atoms with E-state index in [2.05, 4.69) is 9.88 Å². The highest BCUT2D eigenvalue weighted by Gasteiger charge is 2.32. The van der Waals surface area contributed by atoms with Crippen molar-refractivity contribution < 1.29 is 19.4 Å². The Bertz CT molecular complexity index is 765. The van der Waals surface area contributed by atoms with Gasteiger partial charge in [-0.05, 0) is 49.2 Å². The molecule has 2 aromatic rings. The summed E-state index contributed by atoms with van der Waals surface area (Å²) in [5.74, 6) is 0.403. The summed E-state index contributed by atoms with van der Waals surface area (Å²) < 4.78 is 10.9. The lowest BCUT2D eigenvalue weighted by atomic mass is 9.93. The largest absolute Gasteiger partial charge is 0.481 e. The molecule has 0 bridgehead atoms. The number of hydrogen-bond acceptors (Lipinski definition) is 5. The van der Waals surface area contributed by atoms with Crippen molar-refractivity contribution in [1.29, 1.82) is 0 Å². The van der Waals surface area contributed by atoms with Crippen molar-refractivity contribution >= 4 is 5.97 Å². The van der Waals surface area contributed by atoms with Crippen LogP contribution >= 0.6 is 0 Å². The summed E-state index contributed by atoms with van der Waals surface area (Å²) in [5, 5.41) is 9.43. The molecule has 1 N–H and O–H groups in total. The third kappa shape index (κ3) is 3.17. The van der Waals surface area contributed by atoms with Crippen LogP contribution in [0, 0.1) is 5.92 Å². The summed E-state index contributed by atoms with van der Waals surface area (Å²) in [6.45, 7) is 1.60. The van der Waals surface area contributed by atoms with Crippen LogP contribution in [0.1, 0.15) is 30.1 Å². The number of carboxylic acids is 1. The summed E-state index contributed by atoms with van der Waals surface area (Å²) in [4.78, 5) is 18.2. The molecule has 130 valence electrons. The topological polar surface area (TPSA) is 71.9 Å². The van der Waals surface area contributed by atoms with Crippen molar-refractivity contribution in [2.24, 2.45) is 5.92 Å². The molecule has 1 fully saturated rings. The van der Waals surface area contributed by atoms with E-state index in [0.717, 1.165) is 42.1 Å². The van der Waals surface area contributed by atoms with Crippen LogP contribution in [0.3, 0.4) is 0 Å². The Morgan fingerprint density at radius 3 is 2.92 bits per heavy atom. The lowest BCUT2D eigenvalue weighted by Crippen LogP contribution is -2.41. The molecule has 4 rings (SSSR count). The molecule has 0 saturated carbocycles. The van der Waals surface area contributed by atoms with Gasteiger partial charge >= 0.3 is 5.97 Å². The standard InChI is InChI=1S/C19H20N2O4/c22-19(23)14-4-3-9-21(11-14)18(15-5-1-2-8-20-15)13-6-7-16-17(10-13)25-12-24-16/h1-2,5-8,10,14,18H,3-4,9,11-12H2,(H,22,23). The molecule has 1 aromatic carbocycles. The maximum Gasteiger partial charge on any atom is 0.307 e. The number of piperidine rings is 1. The Kier molecular flexibility index (Phi) is 4.28. The zero-order valence-electron chi connectivity index (χ0n) is 13.8. The van der Waals surface area contributed by atoms with Gasteiger partial charge in [-0.1, -0.05) is 12.1 Å². The number of carbonyl (C=O) groups is 1. The number of aliphatic carboxylic acids is 1. The predicted molar refractivity (Wildman–Crippen MR) is 90.6 cm³/mol. The average Bonchev–Trinajstić information content (AvgIpc) is 3.11. The fourth-order valence-corrected chi connectivity index (χ4v) is 3.63. The highest BCUT2D eigenvalue weighted by atomic mass is 16.7. The zero-order valence-corrected chi connectivity index (χ0v) is 13.8. The monoisotopic (exact) mass is 340 g/mol. The third-order valence-corrected chi connectivity index (χ3v) is 4.85. The second-order valence-corrected chi connectivity index (χ2v) is 6.44. The van der Waals surface area contributed by atoms with Crippen LogP contribution in [-0.2, 0) is 4.79 Å². The van der Waals surface area contributed by atoms with Crippen LogP contribution in [0.15, 0.2) is 42.6 Å². The summed E-state index contributed by atoms with van der Waals surface area (Å²) in [7, 11) is 0. The normalized spacial score (nSPS) is 21.0. The van der Waals surface area contributed by atoms with Crippen molar-refractivity contribution in [2.75, 3.05) is 19.9 Å². The Morgan fingerprint density at radius 2 is 2.12 bits per heavy atom. The van der Waals surface area contributed by atoms with Gasteiger partial charge in [0.1, 0.15) is 0 Å². The number of ether oxygens (including phenoxy) is 2. The van der Waals surface area contributed by atoms with Crippen molar-refractivity contribution in [2.45, 2.75) is 18.9 Å². The smallest absolute Gasteiger partial charge is 0.307 e. The van der Waals surface area contributed by atoms with Gasteiger partial charge in [-0.25, -0.2) is 0 Å². The molecular weight excluding hydrogens is 320 g/mol. The molecule has 1 aromatic heterocycles. The molecule has 0 aliphatic carbocycles. The minimum Gasteiger partial charge on any atom is -0.481 e. The first-order valence-corrected chi connectivity index (χ1v) is 8.50. The first-order chi connectivity index (χ1) is 12.2. The summed E-state index contributed by atoms with van der Waals surface area (Å²) >= 11 is 0. The number of fused-ring (bicyclic) bond motifs is 1. The lowest BCUT2D eigenvalue weighted by molar-refractivity contribution is -0.143. The first kappa shape index (κ1) is 15.9. The lowest BCUT2D eigenvalue weighted by Gasteiger charge is -2.37. The van der Waals surface area contributed by atoms with E-state index in [9.17, 15) is 9.90 Å². The molecule has 3 heterocycles. The first-order valence-electron chi connectivity index (χ1n) is 8.50. The molecule has 2 unspecified atom stereocenters.